The fourth-order valence-electron chi connectivity index (χ4n) is 18.2. The summed E-state index contributed by atoms with van der Waals surface area (Å²) in [6, 6.07) is 137. The van der Waals surface area contributed by atoms with Crippen LogP contribution in [0.4, 0.5) is 28.4 Å². The minimum absolute atomic E-state index is 0. The van der Waals surface area contributed by atoms with Gasteiger partial charge < -0.3 is 28.2 Å². The van der Waals surface area contributed by atoms with Gasteiger partial charge in [-0.1, -0.05) is 255 Å². The van der Waals surface area contributed by atoms with Crippen LogP contribution in [0.25, 0.3) is 165 Å². The minimum Gasteiger partial charge on any atom is -0.455 e. The lowest BCUT2D eigenvalue weighted by molar-refractivity contribution is 0.669. The molecular weight excluding hydrogens is 1460 g/mol. The van der Waals surface area contributed by atoms with Gasteiger partial charge in [-0.2, -0.15) is 0 Å². The molecule has 24 heteroatoms. The zero-order chi connectivity index (χ0) is 83.2. The standard InChI is InChI=1S/C56H36N2O.C42H28N2O.B18.9H2/c1-2-14-42(15-3-1)58-51-21-8-6-17-47(51)50-36-41(30-35-52(50)58)37-26-31-43(32-27-37)57(53-22-10-13-40-25-24-38-12-4-5-16-45(38)55(40)53)44-33-28-39(29-34-44)46-19-11-20-49-48-18-7-9-23-54(48)59-56(46)49;1-2-9-33(10-3-1)44-39-15-6-4-11-35(39)38-27-30(21-26-40(38)44)28-17-22-31(23-18-28)43-32-24-19-29(20-25-32)34-13-8-14-37-36-12-5-7-16-41(36)45-42(34)37;1-11(2)16(12(3)4)18(15(9)10)17(13(5)6)14(7)8;;;;;;;;;/h1-36H;1-27,43H;;9*1H. The maximum atomic E-state index is 6.45. The molecule has 1 N–H and O–H groups in total. The Morgan fingerprint density at radius 1 is 0.254 bits per heavy atom. The van der Waals surface area contributed by atoms with Gasteiger partial charge in [0.1, 0.15) is 22.3 Å². The molecule has 17 aromatic carbocycles. The summed E-state index contributed by atoms with van der Waals surface area (Å²) >= 11 is 0. The first kappa shape index (κ1) is 79.0. The van der Waals surface area contributed by atoms with Gasteiger partial charge in [-0.05, 0) is 177 Å². The molecule has 21 rings (SSSR count). The third-order valence-electron chi connectivity index (χ3n) is 23.9. The number of nitrogens with zero attached hydrogens (tertiary/aromatic N) is 3. The predicted molar refractivity (Wildman–Crippen MR) is 560 cm³/mol. The van der Waals surface area contributed by atoms with E-state index in [0.29, 0.717) is 0 Å². The van der Waals surface area contributed by atoms with E-state index in [1.165, 1.54) is 93.1 Å². The Bertz CT molecular complexity index is 7410. The molecule has 0 aliphatic heterocycles. The molecule has 0 saturated heterocycles. The zero-order valence-corrected chi connectivity index (χ0v) is 66.9. The first-order valence-corrected chi connectivity index (χ1v) is 41.1. The number of anilines is 5. The highest BCUT2D eigenvalue weighted by Gasteiger charge is 2.42. The van der Waals surface area contributed by atoms with Crippen molar-refractivity contribution in [2.45, 2.75) is 0 Å². The summed E-state index contributed by atoms with van der Waals surface area (Å²) in [5.41, 5.74) is 25.4. The Hall–Kier alpha value is -12.8. The molecule has 0 atom stereocenters. The van der Waals surface area contributed by atoms with Crippen LogP contribution in [0.1, 0.15) is 12.8 Å². The predicted octanol–water partition coefficient (Wildman–Crippen LogP) is 22.9. The third-order valence-corrected chi connectivity index (χ3v) is 23.9. The number of rotatable bonds is 18. The van der Waals surface area contributed by atoms with Crippen LogP contribution in [0.5, 0.6) is 0 Å². The second-order valence-corrected chi connectivity index (χ2v) is 31.4. The molecule has 4 aromatic heterocycles. The van der Waals surface area contributed by atoms with Crippen LogP contribution in [-0.2, 0) is 0 Å². The molecular formula is C98H82B18N4O2. The molecule has 6 nitrogen and oxygen atoms in total. The molecule has 21 aromatic rings. The number of hydrogen-bond acceptors (Lipinski definition) is 4. The Morgan fingerprint density at radius 3 is 1.06 bits per heavy atom. The third kappa shape index (κ3) is 15.1. The second kappa shape index (κ2) is 34.0. The largest absolute Gasteiger partial charge is 0.455 e. The summed E-state index contributed by atoms with van der Waals surface area (Å²) < 4.78 is 17.4. The van der Waals surface area contributed by atoms with Crippen molar-refractivity contribution in [3.05, 3.63) is 382 Å². The van der Waals surface area contributed by atoms with E-state index in [9.17, 15) is 0 Å². The summed E-state index contributed by atoms with van der Waals surface area (Å²) in [5.74, 6) is 0. The van der Waals surface area contributed by atoms with Gasteiger partial charge in [0.25, 0.3) is 0 Å². The topological polar surface area (TPSA) is 51.4 Å². The van der Waals surface area contributed by atoms with Crippen molar-refractivity contribution in [2.24, 2.45) is 0 Å². The van der Waals surface area contributed by atoms with Crippen LogP contribution in [0.15, 0.2) is 391 Å². The maximum absolute atomic E-state index is 6.45. The Balaban J connectivity index is 0.000000221. The van der Waals surface area contributed by atoms with Crippen molar-refractivity contribution in [1.82, 2.24) is 9.13 Å². The summed E-state index contributed by atoms with van der Waals surface area (Å²) in [6.45, 7) is 0. The summed E-state index contributed by atoms with van der Waals surface area (Å²) in [4.78, 5) is 2.40. The molecule has 0 fully saturated rings. The molecule has 0 unspecified atom stereocenters. The molecule has 560 valence electrons. The zero-order valence-electron chi connectivity index (χ0n) is 66.9. The maximum Gasteiger partial charge on any atom is 0.143 e. The average Bonchev–Trinajstić information content (AvgIpc) is 1.64. The van der Waals surface area contributed by atoms with E-state index >= 15 is 0 Å². The number of fused-ring (bicyclic) bond motifs is 15. The quantitative estimate of drug-likeness (QED) is 0.0687. The summed E-state index contributed by atoms with van der Waals surface area (Å²) in [5, 5.41) is 18.0. The molecule has 4 heterocycles. The molecule has 122 heavy (non-hydrogen) atoms. The van der Waals surface area contributed by atoms with Crippen LogP contribution in [0.2, 0.25) is 0 Å². The van der Waals surface area contributed by atoms with E-state index in [1.54, 1.807) is 0 Å². The normalized spacial score (nSPS) is 11.3. The van der Waals surface area contributed by atoms with Crippen molar-refractivity contribution < 1.29 is 21.7 Å². The van der Waals surface area contributed by atoms with Gasteiger partial charge in [-0.15, -0.1) is 0 Å². The number of nitrogens with one attached hydrogen (secondary N) is 1. The van der Waals surface area contributed by atoms with Crippen molar-refractivity contribution in [3.63, 3.8) is 0 Å². The first-order valence-electron chi connectivity index (χ1n) is 41.1. The number of furan rings is 2. The second-order valence-electron chi connectivity index (χ2n) is 31.4. The molecule has 0 saturated carbocycles. The molecule has 0 amide bonds. The first-order chi connectivity index (χ1) is 59.7. The van der Waals surface area contributed by atoms with Gasteiger partial charge >= 0.3 is 0 Å². The van der Waals surface area contributed by atoms with E-state index in [2.05, 4.69) is 377 Å². The molecule has 0 aliphatic carbocycles. The number of aromatic nitrogens is 2. The lowest BCUT2D eigenvalue weighted by atomic mass is 8.41. The van der Waals surface area contributed by atoms with E-state index < -0.39 is 51.1 Å². The van der Waals surface area contributed by atoms with Gasteiger partial charge in [-0.25, -0.2) is 0 Å². The van der Waals surface area contributed by atoms with E-state index in [0.717, 1.165) is 100 Å². The van der Waals surface area contributed by atoms with Gasteiger partial charge in [0.05, 0.1) is 27.8 Å². The van der Waals surface area contributed by atoms with Crippen molar-refractivity contribution >= 4 is 266 Å². The van der Waals surface area contributed by atoms with E-state index in [4.69, 9.17) is 86.2 Å². The van der Waals surface area contributed by atoms with Gasteiger partial charge in [0, 0.05) is 235 Å². The van der Waals surface area contributed by atoms with E-state index in [1.807, 2.05) is 24.3 Å². The molecule has 20 radical (unpaired) electrons. The lowest BCUT2D eigenvalue weighted by Gasteiger charge is -2.40. The number of para-hydroxylation sites is 8. The SMILES string of the molecule is [B]B([B])B(B([B])[B])B(B([B])[B])B(B([B])[B])B([B])[B].[HH].[HH].[HH].[HH].[HH].[HH].[HH].[HH].[HH].c1ccc(-n2c3ccccc3c3cc(-c4ccc(N(c5ccc(-c6cccc7c6oc6ccccc67)cc5)c5cccc6ccc7ccccc7c56)cc4)ccc32)cc1.c1ccc(-n2c3ccccc3c3cc(-c4ccc(Nc5ccc(-c6cccc7c6oc6ccccc67)cc5)cc4)ccc32)cc1. The van der Waals surface area contributed by atoms with Crippen LogP contribution < -0.4 is 10.2 Å². The van der Waals surface area contributed by atoms with E-state index in [-0.39, 0.29) is 12.8 Å². The lowest BCUT2D eigenvalue weighted by Crippen LogP contribution is -2.78. The molecule has 0 spiro atoms. The number of hydrogen-bond donors (Lipinski definition) is 1. The number of benzene rings is 17. The Morgan fingerprint density at radius 2 is 0.598 bits per heavy atom. The molecule has 0 bridgehead atoms. The van der Waals surface area contributed by atoms with Crippen LogP contribution >= 0.6 is 0 Å². The fraction of sp³-hybridized carbons (Fsp3) is 0. The molecule has 0 aliphatic rings. The van der Waals surface area contributed by atoms with Crippen LogP contribution in [0.3, 0.4) is 0 Å². The highest BCUT2D eigenvalue weighted by atomic mass is 16.3. The smallest absolute Gasteiger partial charge is 0.143 e. The van der Waals surface area contributed by atoms with Crippen molar-refractivity contribution in [1.29, 1.82) is 0 Å². The summed E-state index contributed by atoms with van der Waals surface area (Å²) in [6.07, 6.45) is -6.04. The monoisotopic (exact) mass is 1540 g/mol. The highest BCUT2D eigenvalue weighted by molar-refractivity contribution is 8.17. The highest BCUT2D eigenvalue weighted by Crippen LogP contribution is 2.46. The average molecular weight is 1540 g/mol. The van der Waals surface area contributed by atoms with Gasteiger partial charge in [0.15, 0.2) is 0 Å². The fourth-order valence-corrected chi connectivity index (χ4v) is 18.2. The van der Waals surface area contributed by atoms with Crippen LogP contribution in [-0.4, -0.2) is 138 Å². The van der Waals surface area contributed by atoms with Crippen molar-refractivity contribution in [3.8, 4) is 55.9 Å². The minimum atomic E-state index is -0.853. The van der Waals surface area contributed by atoms with Crippen LogP contribution in [0, 0.1) is 0 Å². The Kier molecular flexibility index (Phi) is 22.0. The van der Waals surface area contributed by atoms with Gasteiger partial charge in [0.2, 0.25) is 0 Å². The van der Waals surface area contributed by atoms with Gasteiger partial charge in [-0.3, -0.25) is 0 Å². The Labute approximate surface area is 740 Å². The van der Waals surface area contributed by atoms with Crippen molar-refractivity contribution in [2.75, 3.05) is 10.2 Å². The summed E-state index contributed by atoms with van der Waals surface area (Å²) in [7, 11) is 56.7.